The minimum atomic E-state index is -0.01000. The van der Waals surface area contributed by atoms with Crippen molar-refractivity contribution in [3.05, 3.63) is 47.0 Å². The summed E-state index contributed by atoms with van der Waals surface area (Å²) in [6.07, 6.45) is 4.89. The molecule has 3 heteroatoms. The van der Waals surface area contributed by atoms with Crippen LogP contribution in [0, 0.1) is 0 Å². The van der Waals surface area contributed by atoms with Crippen LogP contribution >= 0.6 is 0 Å². The summed E-state index contributed by atoms with van der Waals surface area (Å²) in [5.74, 6) is -0.01000. The summed E-state index contributed by atoms with van der Waals surface area (Å²) < 4.78 is 5.32. The summed E-state index contributed by atoms with van der Waals surface area (Å²) in [6, 6.07) is 5.76. The molecule has 1 aromatic rings. The quantitative estimate of drug-likeness (QED) is 0.638. The van der Waals surface area contributed by atoms with E-state index in [1.54, 1.807) is 0 Å². The Bertz CT molecular complexity index is 438. The van der Waals surface area contributed by atoms with Crippen LogP contribution in [-0.4, -0.2) is 12.5 Å². The van der Waals surface area contributed by atoms with Crippen molar-refractivity contribution in [1.29, 1.82) is 0 Å². The van der Waals surface area contributed by atoms with Crippen LogP contribution in [0.3, 0.4) is 0 Å². The molecule has 1 amide bonds. The highest BCUT2D eigenvalue weighted by atomic mass is 16.5. The molecule has 0 bridgehead atoms. The van der Waals surface area contributed by atoms with Gasteiger partial charge >= 0.3 is 0 Å². The number of ether oxygens (including phenoxy) is 1. The van der Waals surface area contributed by atoms with Gasteiger partial charge < -0.3 is 10.1 Å². The van der Waals surface area contributed by atoms with Gasteiger partial charge in [-0.2, -0.15) is 0 Å². The highest BCUT2D eigenvalue weighted by Gasteiger charge is 2.13. The smallest absolute Gasteiger partial charge is 0.251 e. The van der Waals surface area contributed by atoms with E-state index in [1.807, 2.05) is 37.3 Å². The minimum Gasteiger partial charge on any atom is -0.372 e. The molecule has 1 aliphatic heterocycles. The summed E-state index contributed by atoms with van der Waals surface area (Å²) in [5.41, 5.74) is 3.04. The molecule has 0 spiro atoms. The summed E-state index contributed by atoms with van der Waals surface area (Å²) in [7, 11) is 0. The van der Waals surface area contributed by atoms with Crippen LogP contribution in [-0.2, 0) is 18.0 Å². The lowest BCUT2D eigenvalue weighted by molar-refractivity contribution is 0.0954. The van der Waals surface area contributed by atoms with E-state index >= 15 is 0 Å². The summed E-state index contributed by atoms with van der Waals surface area (Å²) >= 11 is 0. The molecule has 2 rings (SSSR count). The molecule has 0 fully saturated rings. The zero-order valence-corrected chi connectivity index (χ0v) is 10.0. The fourth-order valence-corrected chi connectivity index (χ4v) is 1.85. The molecule has 0 saturated heterocycles. The van der Waals surface area contributed by atoms with Gasteiger partial charge in [-0.25, -0.2) is 0 Å². The number of benzene rings is 1. The second-order valence-corrected chi connectivity index (χ2v) is 4.09. The van der Waals surface area contributed by atoms with Crippen molar-refractivity contribution < 1.29 is 9.53 Å². The zero-order chi connectivity index (χ0) is 12.1. The molecule has 1 heterocycles. The highest BCUT2D eigenvalue weighted by molar-refractivity contribution is 5.94. The van der Waals surface area contributed by atoms with E-state index < -0.39 is 0 Å². The topological polar surface area (TPSA) is 38.3 Å². The maximum atomic E-state index is 11.8. The molecule has 0 saturated carbocycles. The van der Waals surface area contributed by atoms with Crippen molar-refractivity contribution >= 4 is 5.91 Å². The fraction of sp³-hybridized carbons (Fsp3) is 0.357. The Morgan fingerprint density at radius 2 is 2.24 bits per heavy atom. The average Bonchev–Trinajstić information content (AvgIpc) is 2.81. The normalized spacial score (nSPS) is 13.9. The number of hydrogen-bond donors (Lipinski definition) is 1. The van der Waals surface area contributed by atoms with Gasteiger partial charge in [-0.3, -0.25) is 4.79 Å². The second-order valence-electron chi connectivity index (χ2n) is 4.09. The summed E-state index contributed by atoms with van der Waals surface area (Å²) in [4.78, 5) is 11.8. The standard InChI is InChI=1S/C14H17NO2/c1-2-3-4-7-15-14(16)11-5-6-12-9-17-10-13(12)8-11/h2-3,5-6,8H,4,7,9-10H2,1H3,(H,15,16)/b3-2+. The third-order valence-electron chi connectivity index (χ3n) is 2.82. The lowest BCUT2D eigenvalue weighted by Crippen LogP contribution is -2.24. The highest BCUT2D eigenvalue weighted by Crippen LogP contribution is 2.20. The number of carbonyl (C=O) groups excluding carboxylic acids is 1. The molecule has 1 aliphatic rings. The van der Waals surface area contributed by atoms with Crippen molar-refractivity contribution in [3.63, 3.8) is 0 Å². The van der Waals surface area contributed by atoms with Gasteiger partial charge in [-0.1, -0.05) is 18.2 Å². The molecule has 0 aromatic heterocycles. The van der Waals surface area contributed by atoms with Gasteiger partial charge in [0.2, 0.25) is 0 Å². The first-order chi connectivity index (χ1) is 8.31. The van der Waals surface area contributed by atoms with Crippen LogP contribution in [0.5, 0.6) is 0 Å². The third kappa shape index (κ3) is 2.94. The number of allylic oxidation sites excluding steroid dienone is 1. The van der Waals surface area contributed by atoms with Crippen LogP contribution in [0.4, 0.5) is 0 Å². The predicted octanol–water partition coefficient (Wildman–Crippen LogP) is 2.41. The van der Waals surface area contributed by atoms with Crippen molar-refractivity contribution in [1.82, 2.24) is 5.32 Å². The Kier molecular flexibility index (Phi) is 3.94. The number of fused-ring (bicyclic) bond motifs is 1. The SMILES string of the molecule is C/C=C/CCNC(=O)c1ccc2c(c1)COC2. The molecule has 0 radical (unpaired) electrons. The number of nitrogens with one attached hydrogen (secondary N) is 1. The van der Waals surface area contributed by atoms with Crippen molar-refractivity contribution in [2.24, 2.45) is 0 Å². The van der Waals surface area contributed by atoms with Crippen LogP contribution in [0.15, 0.2) is 30.4 Å². The number of amides is 1. The fourth-order valence-electron chi connectivity index (χ4n) is 1.85. The average molecular weight is 231 g/mol. The predicted molar refractivity (Wildman–Crippen MR) is 66.7 cm³/mol. The summed E-state index contributed by atoms with van der Waals surface area (Å²) in [5, 5.41) is 2.89. The Morgan fingerprint density at radius 3 is 3.06 bits per heavy atom. The molecule has 1 aromatic carbocycles. The van der Waals surface area contributed by atoms with Crippen molar-refractivity contribution in [3.8, 4) is 0 Å². The number of carbonyl (C=O) groups is 1. The number of rotatable bonds is 4. The van der Waals surface area contributed by atoms with Crippen LogP contribution in [0.25, 0.3) is 0 Å². The van der Waals surface area contributed by atoms with Crippen molar-refractivity contribution in [2.45, 2.75) is 26.6 Å². The molecule has 90 valence electrons. The molecule has 17 heavy (non-hydrogen) atoms. The van der Waals surface area contributed by atoms with Crippen LogP contribution < -0.4 is 5.32 Å². The zero-order valence-electron chi connectivity index (χ0n) is 10.0. The van der Waals surface area contributed by atoms with Gasteiger partial charge in [0.25, 0.3) is 5.91 Å². The van der Waals surface area contributed by atoms with Gasteiger partial charge in [0.15, 0.2) is 0 Å². The van der Waals surface area contributed by atoms with Gasteiger partial charge in [0.1, 0.15) is 0 Å². The first-order valence-electron chi connectivity index (χ1n) is 5.90. The van der Waals surface area contributed by atoms with Gasteiger partial charge in [-0.05, 0) is 36.6 Å². The van der Waals surface area contributed by atoms with E-state index in [-0.39, 0.29) is 5.91 Å². The molecule has 1 N–H and O–H groups in total. The van der Waals surface area contributed by atoms with E-state index in [1.165, 1.54) is 5.56 Å². The maximum Gasteiger partial charge on any atom is 0.251 e. The van der Waals surface area contributed by atoms with E-state index in [9.17, 15) is 4.79 Å². The molecular formula is C14H17NO2. The van der Waals surface area contributed by atoms with Crippen LogP contribution in [0.1, 0.15) is 34.8 Å². The van der Waals surface area contributed by atoms with Crippen LogP contribution in [0.2, 0.25) is 0 Å². The first kappa shape index (κ1) is 11.9. The molecule has 0 atom stereocenters. The van der Waals surface area contributed by atoms with E-state index in [0.717, 1.165) is 17.5 Å². The van der Waals surface area contributed by atoms with Gasteiger partial charge in [0.05, 0.1) is 13.2 Å². The van der Waals surface area contributed by atoms with E-state index in [4.69, 9.17) is 4.74 Å². The Morgan fingerprint density at radius 1 is 1.41 bits per heavy atom. The van der Waals surface area contributed by atoms with Gasteiger partial charge in [0, 0.05) is 12.1 Å². The first-order valence-corrected chi connectivity index (χ1v) is 5.90. The molecule has 0 aliphatic carbocycles. The van der Waals surface area contributed by atoms with Crippen molar-refractivity contribution in [2.75, 3.05) is 6.54 Å². The van der Waals surface area contributed by atoms with E-state index in [2.05, 4.69) is 5.32 Å². The molecule has 0 unspecified atom stereocenters. The lowest BCUT2D eigenvalue weighted by atomic mass is 10.1. The maximum absolute atomic E-state index is 11.8. The Hall–Kier alpha value is -1.61. The summed E-state index contributed by atoms with van der Waals surface area (Å²) in [6.45, 7) is 3.94. The largest absolute Gasteiger partial charge is 0.372 e. The Labute approximate surface area is 101 Å². The lowest BCUT2D eigenvalue weighted by Gasteiger charge is -2.05. The monoisotopic (exact) mass is 231 g/mol. The minimum absolute atomic E-state index is 0.01000. The third-order valence-corrected chi connectivity index (χ3v) is 2.82. The van der Waals surface area contributed by atoms with E-state index in [0.29, 0.717) is 19.8 Å². The Balaban J connectivity index is 1.95. The molecular weight excluding hydrogens is 214 g/mol. The second kappa shape index (κ2) is 5.64. The number of hydrogen-bond acceptors (Lipinski definition) is 2. The molecule has 3 nitrogen and oxygen atoms in total. The van der Waals surface area contributed by atoms with Gasteiger partial charge in [-0.15, -0.1) is 0 Å².